The summed E-state index contributed by atoms with van der Waals surface area (Å²) in [6.07, 6.45) is 3.83. The van der Waals surface area contributed by atoms with Gasteiger partial charge in [-0.05, 0) is 56.5 Å². The molecule has 0 radical (unpaired) electrons. The number of sulfone groups is 1. The van der Waals surface area contributed by atoms with Gasteiger partial charge in [0.25, 0.3) is 0 Å². The van der Waals surface area contributed by atoms with Gasteiger partial charge in [0.05, 0.1) is 17.3 Å². The van der Waals surface area contributed by atoms with E-state index in [0.29, 0.717) is 16.6 Å². The summed E-state index contributed by atoms with van der Waals surface area (Å²) in [4.78, 5) is 0.394. The molecule has 1 aromatic rings. The molecule has 118 valence electrons. The van der Waals surface area contributed by atoms with E-state index >= 15 is 0 Å². The summed E-state index contributed by atoms with van der Waals surface area (Å²) >= 11 is 0. The minimum absolute atomic E-state index is 0.0416. The monoisotopic (exact) mass is 311 g/mol. The second kappa shape index (κ2) is 6.79. The molecule has 2 rings (SSSR count). The minimum Gasteiger partial charge on any atom is -0.497 e. The van der Waals surface area contributed by atoms with Crippen LogP contribution in [0.4, 0.5) is 0 Å². The number of methoxy groups -OCH3 is 1. The van der Waals surface area contributed by atoms with Crippen molar-refractivity contribution >= 4 is 9.84 Å². The average molecular weight is 311 g/mol. The first-order chi connectivity index (χ1) is 10.0. The Balaban J connectivity index is 2.30. The van der Waals surface area contributed by atoms with E-state index in [4.69, 9.17) is 4.74 Å². The zero-order chi connectivity index (χ0) is 15.5. The highest BCUT2D eigenvalue weighted by Crippen LogP contribution is 2.34. The first-order valence-electron chi connectivity index (χ1n) is 7.58. The molecule has 3 atom stereocenters. The van der Waals surface area contributed by atoms with Gasteiger partial charge in [0.1, 0.15) is 5.75 Å². The van der Waals surface area contributed by atoms with E-state index in [9.17, 15) is 8.42 Å². The summed E-state index contributed by atoms with van der Waals surface area (Å²) in [5, 5.41) is 2.85. The number of rotatable bonds is 5. The Kier molecular flexibility index (Phi) is 5.27. The van der Waals surface area contributed by atoms with Crippen molar-refractivity contribution in [3.05, 3.63) is 24.3 Å². The summed E-state index contributed by atoms with van der Waals surface area (Å²) in [5.74, 6) is 1.18. The molecule has 21 heavy (non-hydrogen) atoms. The van der Waals surface area contributed by atoms with Gasteiger partial charge < -0.3 is 10.1 Å². The van der Waals surface area contributed by atoms with Crippen molar-refractivity contribution in [2.75, 3.05) is 14.2 Å². The average Bonchev–Trinajstić information content (AvgIpc) is 2.54. The largest absolute Gasteiger partial charge is 0.497 e. The lowest BCUT2D eigenvalue weighted by atomic mass is 9.84. The summed E-state index contributed by atoms with van der Waals surface area (Å²) in [6, 6.07) is 6.76. The maximum absolute atomic E-state index is 12.9. The predicted octanol–water partition coefficient (Wildman–Crippen LogP) is 2.64. The molecule has 1 saturated carbocycles. The summed E-state index contributed by atoms with van der Waals surface area (Å²) in [5.41, 5.74) is 0. The number of nitrogens with one attached hydrogen (secondary N) is 1. The highest BCUT2D eigenvalue weighted by Gasteiger charge is 2.38. The molecule has 1 aliphatic carbocycles. The fraction of sp³-hybridized carbons (Fsp3) is 0.625. The number of hydrogen-bond donors (Lipinski definition) is 1. The molecule has 3 unspecified atom stereocenters. The Morgan fingerprint density at radius 3 is 2.43 bits per heavy atom. The molecule has 1 aliphatic rings. The third kappa shape index (κ3) is 3.40. The third-order valence-corrected chi connectivity index (χ3v) is 6.88. The maximum Gasteiger partial charge on any atom is 0.182 e. The summed E-state index contributed by atoms with van der Waals surface area (Å²) in [6.45, 7) is 2.14. The van der Waals surface area contributed by atoms with Gasteiger partial charge in [-0.1, -0.05) is 13.3 Å². The molecule has 0 bridgehead atoms. The van der Waals surface area contributed by atoms with Gasteiger partial charge in [-0.15, -0.1) is 0 Å². The van der Waals surface area contributed by atoms with Crippen LogP contribution in [-0.2, 0) is 9.84 Å². The third-order valence-electron chi connectivity index (χ3n) is 4.64. The Hall–Kier alpha value is -1.07. The normalized spacial score (nSPS) is 26.5. The molecule has 1 N–H and O–H groups in total. The number of benzene rings is 1. The van der Waals surface area contributed by atoms with Crippen LogP contribution in [0.25, 0.3) is 0 Å². The maximum atomic E-state index is 12.9. The quantitative estimate of drug-likeness (QED) is 0.908. The van der Waals surface area contributed by atoms with Gasteiger partial charge in [-0.25, -0.2) is 8.42 Å². The van der Waals surface area contributed by atoms with Crippen LogP contribution in [0, 0.1) is 5.92 Å². The van der Waals surface area contributed by atoms with E-state index in [-0.39, 0.29) is 11.3 Å². The lowest BCUT2D eigenvalue weighted by molar-refractivity contribution is 0.296. The molecular weight excluding hydrogens is 286 g/mol. The van der Waals surface area contributed by atoms with Crippen LogP contribution in [0.3, 0.4) is 0 Å². The zero-order valence-corrected chi connectivity index (χ0v) is 13.8. The van der Waals surface area contributed by atoms with Crippen molar-refractivity contribution in [3.8, 4) is 5.75 Å². The van der Waals surface area contributed by atoms with Crippen molar-refractivity contribution in [1.29, 1.82) is 0 Å². The molecule has 1 fully saturated rings. The van der Waals surface area contributed by atoms with E-state index < -0.39 is 9.84 Å². The molecule has 5 heteroatoms. The van der Waals surface area contributed by atoms with Crippen molar-refractivity contribution in [2.24, 2.45) is 5.92 Å². The number of ether oxygens (including phenoxy) is 1. The Bertz CT molecular complexity index is 553. The van der Waals surface area contributed by atoms with Crippen molar-refractivity contribution in [1.82, 2.24) is 5.32 Å². The summed E-state index contributed by atoms with van der Waals surface area (Å²) < 4.78 is 31.0. The molecule has 0 aliphatic heterocycles. The molecule has 0 saturated heterocycles. The van der Waals surface area contributed by atoms with Gasteiger partial charge in [0, 0.05) is 6.04 Å². The highest BCUT2D eigenvalue weighted by atomic mass is 32.2. The molecular formula is C16H25NO3S. The second-order valence-corrected chi connectivity index (χ2v) is 7.91. The van der Waals surface area contributed by atoms with E-state index in [1.807, 2.05) is 7.05 Å². The summed E-state index contributed by atoms with van der Waals surface area (Å²) in [7, 11) is 0.122. The first-order valence-corrected chi connectivity index (χ1v) is 9.12. The van der Waals surface area contributed by atoms with Crippen molar-refractivity contribution in [2.45, 2.75) is 48.8 Å². The molecule has 0 aromatic heterocycles. The van der Waals surface area contributed by atoms with Gasteiger partial charge >= 0.3 is 0 Å². The SMILES string of the molecule is CCC1CCC(NC)C(S(=O)(=O)c2ccc(OC)cc2)C1. The van der Waals surface area contributed by atoms with Gasteiger partial charge in [0.2, 0.25) is 0 Å². The topological polar surface area (TPSA) is 55.4 Å². The molecule has 0 spiro atoms. The van der Waals surface area contributed by atoms with Crippen LogP contribution >= 0.6 is 0 Å². The Morgan fingerprint density at radius 1 is 1.24 bits per heavy atom. The lowest BCUT2D eigenvalue weighted by Crippen LogP contribution is -2.46. The van der Waals surface area contributed by atoms with Gasteiger partial charge in [-0.2, -0.15) is 0 Å². The van der Waals surface area contributed by atoms with Crippen LogP contribution in [0.15, 0.2) is 29.2 Å². The van der Waals surface area contributed by atoms with Crippen molar-refractivity contribution in [3.63, 3.8) is 0 Å². The smallest absolute Gasteiger partial charge is 0.182 e. The second-order valence-electron chi connectivity index (χ2n) is 5.74. The van der Waals surface area contributed by atoms with Gasteiger partial charge in [0.15, 0.2) is 9.84 Å². The van der Waals surface area contributed by atoms with E-state index in [1.165, 1.54) is 0 Å². The van der Waals surface area contributed by atoms with E-state index in [1.54, 1.807) is 31.4 Å². The fourth-order valence-corrected chi connectivity index (χ4v) is 5.29. The van der Waals surface area contributed by atoms with E-state index in [0.717, 1.165) is 25.7 Å². The van der Waals surface area contributed by atoms with Crippen LogP contribution in [0.1, 0.15) is 32.6 Å². The molecule has 0 heterocycles. The van der Waals surface area contributed by atoms with Crippen LogP contribution < -0.4 is 10.1 Å². The zero-order valence-electron chi connectivity index (χ0n) is 13.0. The predicted molar refractivity (Wildman–Crippen MR) is 84.4 cm³/mol. The van der Waals surface area contributed by atoms with Crippen LogP contribution in [-0.4, -0.2) is 33.9 Å². The van der Waals surface area contributed by atoms with Gasteiger partial charge in [-0.3, -0.25) is 0 Å². The van der Waals surface area contributed by atoms with Crippen LogP contribution in [0.5, 0.6) is 5.75 Å². The molecule has 1 aromatic carbocycles. The van der Waals surface area contributed by atoms with Crippen LogP contribution in [0.2, 0.25) is 0 Å². The lowest BCUT2D eigenvalue weighted by Gasteiger charge is -2.35. The molecule has 4 nitrogen and oxygen atoms in total. The highest BCUT2D eigenvalue weighted by molar-refractivity contribution is 7.92. The molecule has 0 amide bonds. The Morgan fingerprint density at radius 2 is 1.90 bits per heavy atom. The van der Waals surface area contributed by atoms with E-state index in [2.05, 4.69) is 12.2 Å². The van der Waals surface area contributed by atoms with Crippen molar-refractivity contribution < 1.29 is 13.2 Å². The standard InChI is InChI=1S/C16H25NO3S/c1-4-12-5-10-15(17-2)16(11-12)21(18,19)14-8-6-13(20-3)7-9-14/h6-9,12,15-17H,4-5,10-11H2,1-3H3. The fourth-order valence-electron chi connectivity index (χ4n) is 3.20. The minimum atomic E-state index is -3.31. The number of hydrogen-bond acceptors (Lipinski definition) is 4. The Labute approximate surface area is 127 Å². The first kappa shape index (κ1) is 16.3.